The van der Waals surface area contributed by atoms with Gasteiger partial charge < -0.3 is 5.73 Å². The molecule has 0 saturated carbocycles. The lowest BCUT2D eigenvalue weighted by Crippen LogP contribution is -1.99. The van der Waals surface area contributed by atoms with Crippen molar-refractivity contribution < 1.29 is 4.79 Å². The third kappa shape index (κ3) is 2.49. The van der Waals surface area contributed by atoms with Gasteiger partial charge in [-0.1, -0.05) is 6.92 Å². The van der Waals surface area contributed by atoms with E-state index in [1.807, 2.05) is 6.92 Å². The largest absolute Gasteiger partial charge is 0.398 e. The van der Waals surface area contributed by atoms with Gasteiger partial charge in [-0.3, -0.25) is 4.79 Å². The monoisotopic (exact) mass is 195 g/mol. The summed E-state index contributed by atoms with van der Waals surface area (Å²) in [6.45, 7) is 1.98. The standard InChI is InChI=1S/C10H13NOS/c1-2-3-9(12)7-4-5-8(11)10(13)6-7/h4-6,13H,2-3,11H2,1H3. The van der Waals surface area contributed by atoms with Crippen molar-refractivity contribution in [2.75, 3.05) is 5.73 Å². The number of thiol groups is 1. The van der Waals surface area contributed by atoms with Gasteiger partial charge in [0.05, 0.1) is 0 Å². The molecular formula is C10H13NOS. The molecule has 1 aromatic rings. The van der Waals surface area contributed by atoms with Crippen LogP contribution in [0.5, 0.6) is 0 Å². The number of nitrogens with two attached hydrogens (primary N) is 1. The first-order valence-corrected chi connectivity index (χ1v) is 4.71. The van der Waals surface area contributed by atoms with Gasteiger partial charge in [-0.2, -0.15) is 0 Å². The van der Waals surface area contributed by atoms with Gasteiger partial charge in [-0.15, -0.1) is 12.6 Å². The van der Waals surface area contributed by atoms with Gasteiger partial charge in [0.25, 0.3) is 0 Å². The molecule has 0 fully saturated rings. The fraction of sp³-hybridized carbons (Fsp3) is 0.300. The molecule has 3 heteroatoms. The number of anilines is 1. The molecule has 0 amide bonds. The van der Waals surface area contributed by atoms with Crippen LogP contribution in [0.15, 0.2) is 23.1 Å². The van der Waals surface area contributed by atoms with Gasteiger partial charge >= 0.3 is 0 Å². The third-order valence-corrected chi connectivity index (χ3v) is 2.22. The Labute approximate surface area is 83.5 Å². The van der Waals surface area contributed by atoms with Crippen molar-refractivity contribution >= 4 is 24.1 Å². The fourth-order valence-corrected chi connectivity index (χ4v) is 1.30. The molecule has 0 aliphatic carbocycles. The van der Waals surface area contributed by atoms with Crippen LogP contribution in [0.3, 0.4) is 0 Å². The summed E-state index contributed by atoms with van der Waals surface area (Å²) < 4.78 is 0. The zero-order valence-corrected chi connectivity index (χ0v) is 8.47. The fourth-order valence-electron chi connectivity index (χ4n) is 1.09. The van der Waals surface area contributed by atoms with Gasteiger partial charge in [-0.25, -0.2) is 0 Å². The lowest BCUT2D eigenvalue weighted by molar-refractivity contribution is 0.0981. The summed E-state index contributed by atoms with van der Waals surface area (Å²) in [5.41, 5.74) is 6.88. The Kier molecular flexibility index (Phi) is 3.37. The first-order valence-electron chi connectivity index (χ1n) is 4.27. The van der Waals surface area contributed by atoms with Crippen LogP contribution in [-0.2, 0) is 0 Å². The minimum atomic E-state index is 0.151. The molecule has 1 aromatic carbocycles. The average molecular weight is 195 g/mol. The number of ketones is 1. The zero-order valence-electron chi connectivity index (χ0n) is 7.58. The van der Waals surface area contributed by atoms with Gasteiger partial charge in [0.2, 0.25) is 0 Å². The highest BCUT2D eigenvalue weighted by Gasteiger charge is 2.05. The maximum Gasteiger partial charge on any atom is 0.162 e. The summed E-state index contributed by atoms with van der Waals surface area (Å²) >= 11 is 4.15. The lowest BCUT2D eigenvalue weighted by Gasteiger charge is -2.02. The molecule has 0 bridgehead atoms. The summed E-state index contributed by atoms with van der Waals surface area (Å²) in [5.74, 6) is 0.151. The van der Waals surface area contributed by atoms with Gasteiger partial charge in [0.15, 0.2) is 5.78 Å². The predicted molar refractivity (Wildman–Crippen MR) is 57.3 cm³/mol. The van der Waals surface area contributed by atoms with E-state index >= 15 is 0 Å². The first kappa shape index (κ1) is 10.1. The smallest absolute Gasteiger partial charge is 0.162 e. The average Bonchev–Trinajstić information content (AvgIpc) is 2.10. The number of carbonyl (C=O) groups is 1. The van der Waals surface area contributed by atoms with Crippen LogP contribution in [-0.4, -0.2) is 5.78 Å². The molecule has 2 nitrogen and oxygen atoms in total. The van der Waals surface area contributed by atoms with E-state index in [9.17, 15) is 4.79 Å². The molecule has 1 rings (SSSR count). The molecule has 13 heavy (non-hydrogen) atoms. The van der Waals surface area contributed by atoms with Crippen molar-refractivity contribution in [3.63, 3.8) is 0 Å². The summed E-state index contributed by atoms with van der Waals surface area (Å²) in [5, 5.41) is 0. The van der Waals surface area contributed by atoms with Crippen LogP contribution in [0, 0.1) is 0 Å². The summed E-state index contributed by atoms with van der Waals surface area (Å²) in [7, 11) is 0. The molecule has 70 valence electrons. The van der Waals surface area contributed by atoms with E-state index in [1.165, 1.54) is 0 Å². The Hall–Kier alpha value is -0.960. The molecule has 0 spiro atoms. The number of hydrogen-bond donors (Lipinski definition) is 2. The number of hydrogen-bond acceptors (Lipinski definition) is 3. The Morgan fingerprint density at radius 1 is 1.54 bits per heavy atom. The molecule has 0 aliphatic rings. The maximum atomic E-state index is 11.4. The van der Waals surface area contributed by atoms with Crippen LogP contribution in [0.2, 0.25) is 0 Å². The maximum absolute atomic E-state index is 11.4. The second-order valence-electron chi connectivity index (χ2n) is 2.95. The molecule has 2 N–H and O–H groups in total. The molecule has 0 unspecified atom stereocenters. The number of rotatable bonds is 3. The van der Waals surface area contributed by atoms with Crippen LogP contribution in [0.25, 0.3) is 0 Å². The number of carbonyl (C=O) groups excluding carboxylic acids is 1. The Balaban J connectivity index is 2.90. The van der Waals surface area contributed by atoms with Crippen molar-refractivity contribution in [1.29, 1.82) is 0 Å². The molecule has 0 aliphatic heterocycles. The van der Waals surface area contributed by atoms with Crippen LogP contribution in [0.4, 0.5) is 5.69 Å². The second kappa shape index (κ2) is 4.33. The number of benzene rings is 1. The van der Waals surface area contributed by atoms with E-state index in [4.69, 9.17) is 5.73 Å². The van der Waals surface area contributed by atoms with E-state index in [0.29, 0.717) is 22.6 Å². The minimum Gasteiger partial charge on any atom is -0.398 e. The molecule has 0 saturated heterocycles. The highest BCUT2D eigenvalue weighted by atomic mass is 32.1. The molecule has 0 radical (unpaired) electrons. The number of nitrogen functional groups attached to an aromatic ring is 1. The summed E-state index contributed by atoms with van der Waals surface area (Å²) in [6, 6.07) is 5.18. The van der Waals surface area contributed by atoms with Gasteiger partial charge in [-0.05, 0) is 24.6 Å². The quantitative estimate of drug-likeness (QED) is 0.442. The van der Waals surface area contributed by atoms with E-state index in [-0.39, 0.29) is 5.78 Å². The third-order valence-electron chi connectivity index (χ3n) is 1.83. The van der Waals surface area contributed by atoms with Crippen molar-refractivity contribution in [3.8, 4) is 0 Å². The van der Waals surface area contributed by atoms with E-state index < -0.39 is 0 Å². The van der Waals surface area contributed by atoms with Crippen LogP contribution < -0.4 is 5.73 Å². The highest BCUT2D eigenvalue weighted by Crippen LogP contribution is 2.18. The van der Waals surface area contributed by atoms with Crippen molar-refractivity contribution in [2.24, 2.45) is 0 Å². The topological polar surface area (TPSA) is 43.1 Å². The van der Waals surface area contributed by atoms with Crippen molar-refractivity contribution in [1.82, 2.24) is 0 Å². The van der Waals surface area contributed by atoms with Crippen molar-refractivity contribution in [3.05, 3.63) is 23.8 Å². The molecule has 0 aromatic heterocycles. The summed E-state index contributed by atoms with van der Waals surface area (Å²) in [4.78, 5) is 12.1. The normalized spacial score (nSPS) is 10.0. The Bertz CT molecular complexity index is 323. The molecular weight excluding hydrogens is 182 g/mol. The van der Waals surface area contributed by atoms with E-state index in [0.717, 1.165) is 6.42 Å². The van der Waals surface area contributed by atoms with Gasteiger partial charge in [0.1, 0.15) is 0 Å². The van der Waals surface area contributed by atoms with E-state index in [2.05, 4.69) is 12.6 Å². The first-order chi connectivity index (χ1) is 6.15. The molecule has 0 atom stereocenters. The predicted octanol–water partition coefficient (Wildman–Crippen LogP) is 2.54. The minimum absolute atomic E-state index is 0.151. The summed E-state index contributed by atoms with van der Waals surface area (Å²) in [6.07, 6.45) is 1.45. The van der Waals surface area contributed by atoms with E-state index in [1.54, 1.807) is 18.2 Å². The SMILES string of the molecule is CCCC(=O)c1ccc(N)c(S)c1. The van der Waals surface area contributed by atoms with Gasteiger partial charge in [0, 0.05) is 22.6 Å². The second-order valence-corrected chi connectivity index (χ2v) is 3.43. The number of Topliss-reactive ketones (excluding diaryl/α,β-unsaturated/α-hetero) is 1. The Morgan fingerprint density at radius 2 is 2.23 bits per heavy atom. The van der Waals surface area contributed by atoms with Crippen LogP contribution >= 0.6 is 12.6 Å². The van der Waals surface area contributed by atoms with Crippen LogP contribution in [0.1, 0.15) is 30.1 Å². The zero-order chi connectivity index (χ0) is 9.84. The Morgan fingerprint density at radius 3 is 2.77 bits per heavy atom. The molecule has 0 heterocycles. The lowest BCUT2D eigenvalue weighted by atomic mass is 10.1. The van der Waals surface area contributed by atoms with Crippen molar-refractivity contribution in [2.45, 2.75) is 24.7 Å². The highest BCUT2D eigenvalue weighted by molar-refractivity contribution is 7.80.